The van der Waals surface area contributed by atoms with Crippen molar-refractivity contribution in [3.8, 4) is 10.4 Å². The third-order valence-corrected chi connectivity index (χ3v) is 7.29. The maximum atomic E-state index is 13.7. The maximum Gasteiger partial charge on any atom is 0.274 e. The fourth-order valence-electron chi connectivity index (χ4n) is 3.66. The smallest absolute Gasteiger partial charge is 0.274 e. The normalized spacial score (nSPS) is 15.9. The minimum Gasteiger partial charge on any atom is -0.348 e. The molecular weight excluding hydrogens is 449 g/mol. The Morgan fingerprint density at radius 2 is 2.09 bits per heavy atom. The molecule has 7 nitrogen and oxygen atoms in total. The Hall–Kier alpha value is -3.24. The molecule has 0 aliphatic carbocycles. The number of hydrogen-bond donors (Lipinski definition) is 1. The number of amides is 2. The van der Waals surface area contributed by atoms with Crippen LogP contribution in [0.15, 0.2) is 60.4 Å². The maximum absolute atomic E-state index is 13.7. The van der Waals surface area contributed by atoms with E-state index >= 15 is 0 Å². The summed E-state index contributed by atoms with van der Waals surface area (Å²) in [6, 6.07) is 11.7. The molecule has 3 aromatic heterocycles. The molecule has 5 rings (SSSR count). The first-order valence-corrected chi connectivity index (χ1v) is 11.9. The van der Waals surface area contributed by atoms with Crippen molar-refractivity contribution >= 4 is 40.6 Å². The lowest BCUT2D eigenvalue weighted by atomic mass is 10.1. The van der Waals surface area contributed by atoms with E-state index in [9.17, 15) is 14.0 Å². The van der Waals surface area contributed by atoms with Crippen LogP contribution in [0.2, 0.25) is 0 Å². The predicted octanol–water partition coefficient (Wildman–Crippen LogP) is 3.54. The molecule has 4 aromatic rings. The molecule has 1 aromatic carbocycles. The van der Waals surface area contributed by atoms with Crippen LogP contribution in [0.5, 0.6) is 0 Å². The van der Waals surface area contributed by atoms with Crippen LogP contribution in [0.1, 0.15) is 21.0 Å². The zero-order valence-electron chi connectivity index (χ0n) is 16.8. The highest BCUT2D eigenvalue weighted by Gasteiger charge is 2.33. The van der Waals surface area contributed by atoms with Crippen LogP contribution < -0.4 is 5.32 Å². The van der Waals surface area contributed by atoms with Crippen LogP contribution in [0.25, 0.3) is 16.1 Å². The molecule has 10 heteroatoms. The van der Waals surface area contributed by atoms with Gasteiger partial charge in [-0.2, -0.15) is 0 Å². The first-order valence-electron chi connectivity index (χ1n) is 9.94. The standard InChI is InChI=1S/C22H18FN5O2S2/c23-15-5-3-4-14(10-15)20-19(26-13-32-20)22(30)28-8-9-31-18(28)12-25-21(29)16-11-24-17-6-1-2-7-27(16)17/h1-7,10-11,13,18H,8-9,12H2,(H,25,29). The number of nitrogens with zero attached hydrogens (tertiary/aromatic N) is 4. The highest BCUT2D eigenvalue weighted by atomic mass is 32.2. The second-order valence-electron chi connectivity index (χ2n) is 7.15. The number of rotatable bonds is 5. The van der Waals surface area contributed by atoms with Gasteiger partial charge in [-0.25, -0.2) is 14.4 Å². The van der Waals surface area contributed by atoms with Gasteiger partial charge in [-0.1, -0.05) is 18.2 Å². The summed E-state index contributed by atoms with van der Waals surface area (Å²) in [5.41, 5.74) is 3.66. The minimum absolute atomic E-state index is 0.215. The lowest BCUT2D eigenvalue weighted by Crippen LogP contribution is -2.42. The van der Waals surface area contributed by atoms with E-state index in [1.165, 1.54) is 29.7 Å². The highest BCUT2D eigenvalue weighted by Crippen LogP contribution is 2.32. The number of carbonyl (C=O) groups is 2. The number of imidazole rings is 1. The summed E-state index contributed by atoms with van der Waals surface area (Å²) in [6.07, 6.45) is 3.32. The number of halogens is 1. The van der Waals surface area contributed by atoms with Crippen LogP contribution in [0.3, 0.4) is 0 Å². The van der Waals surface area contributed by atoms with E-state index in [1.54, 1.807) is 44.9 Å². The molecule has 2 amide bonds. The van der Waals surface area contributed by atoms with E-state index < -0.39 is 0 Å². The zero-order valence-corrected chi connectivity index (χ0v) is 18.4. The molecule has 0 radical (unpaired) electrons. The van der Waals surface area contributed by atoms with Gasteiger partial charge >= 0.3 is 0 Å². The molecule has 1 atom stereocenters. The quantitative estimate of drug-likeness (QED) is 0.486. The molecule has 1 fully saturated rings. The molecule has 1 aliphatic rings. The monoisotopic (exact) mass is 467 g/mol. The Morgan fingerprint density at radius 3 is 2.97 bits per heavy atom. The number of carbonyl (C=O) groups excluding carboxylic acids is 2. The van der Waals surface area contributed by atoms with Crippen LogP contribution in [-0.2, 0) is 0 Å². The second-order valence-corrected chi connectivity index (χ2v) is 9.29. The molecule has 0 bridgehead atoms. The second kappa shape index (κ2) is 8.71. The van der Waals surface area contributed by atoms with E-state index in [4.69, 9.17) is 0 Å². The van der Waals surface area contributed by atoms with Gasteiger partial charge in [0, 0.05) is 25.0 Å². The lowest BCUT2D eigenvalue weighted by molar-refractivity contribution is 0.0746. The minimum atomic E-state index is -0.362. The Labute approximate surface area is 191 Å². The Balaban J connectivity index is 1.31. The van der Waals surface area contributed by atoms with Crippen molar-refractivity contribution in [3.05, 3.63) is 77.6 Å². The SMILES string of the molecule is O=C(NCC1SCCN1C(=O)c1ncsc1-c1cccc(F)c1)c1cnc2ccccn12. The molecule has 4 heterocycles. The molecule has 1 N–H and O–H groups in total. The topological polar surface area (TPSA) is 79.6 Å². The van der Waals surface area contributed by atoms with E-state index in [0.29, 0.717) is 40.6 Å². The van der Waals surface area contributed by atoms with Crippen molar-refractivity contribution in [2.75, 3.05) is 18.8 Å². The number of pyridine rings is 1. The fraction of sp³-hybridized carbons (Fsp3) is 0.182. The van der Waals surface area contributed by atoms with E-state index in [1.807, 2.05) is 18.2 Å². The number of benzene rings is 1. The molecular formula is C22H18FN5O2S2. The number of thiazole rings is 1. The summed E-state index contributed by atoms with van der Waals surface area (Å²) in [5, 5.41) is 2.71. The van der Waals surface area contributed by atoms with E-state index in [0.717, 1.165) is 5.75 Å². The number of aromatic nitrogens is 3. The summed E-state index contributed by atoms with van der Waals surface area (Å²) in [7, 11) is 0. The summed E-state index contributed by atoms with van der Waals surface area (Å²) in [6.45, 7) is 0.856. The number of thioether (sulfide) groups is 1. The Morgan fingerprint density at radius 1 is 1.19 bits per heavy atom. The molecule has 0 saturated carbocycles. The fourth-order valence-corrected chi connectivity index (χ4v) is 5.60. The summed E-state index contributed by atoms with van der Waals surface area (Å²) in [5.74, 6) is -0.0669. The summed E-state index contributed by atoms with van der Waals surface area (Å²) in [4.78, 5) is 36.9. The van der Waals surface area contributed by atoms with Gasteiger partial charge < -0.3 is 10.2 Å². The van der Waals surface area contributed by atoms with Gasteiger partial charge in [0.2, 0.25) is 0 Å². The van der Waals surface area contributed by atoms with Crippen molar-refractivity contribution < 1.29 is 14.0 Å². The van der Waals surface area contributed by atoms with Crippen LogP contribution in [-0.4, -0.2) is 55.3 Å². The van der Waals surface area contributed by atoms with Gasteiger partial charge in [0.05, 0.1) is 22.0 Å². The van der Waals surface area contributed by atoms with Gasteiger partial charge in [0.15, 0.2) is 0 Å². The van der Waals surface area contributed by atoms with Crippen molar-refractivity contribution in [2.45, 2.75) is 5.37 Å². The Kier molecular flexibility index (Phi) is 5.62. The molecule has 1 saturated heterocycles. The average molecular weight is 468 g/mol. The molecule has 0 spiro atoms. The summed E-state index contributed by atoms with van der Waals surface area (Å²) < 4.78 is 15.4. The van der Waals surface area contributed by atoms with Crippen molar-refractivity contribution in [1.29, 1.82) is 0 Å². The highest BCUT2D eigenvalue weighted by molar-refractivity contribution is 8.00. The van der Waals surface area contributed by atoms with Crippen molar-refractivity contribution in [2.24, 2.45) is 0 Å². The number of hydrogen-bond acceptors (Lipinski definition) is 6. The van der Waals surface area contributed by atoms with Gasteiger partial charge in [-0.15, -0.1) is 23.1 Å². The summed E-state index contributed by atoms with van der Waals surface area (Å²) >= 11 is 2.91. The molecule has 162 valence electrons. The van der Waals surface area contributed by atoms with Crippen LogP contribution in [0, 0.1) is 5.82 Å². The number of nitrogens with one attached hydrogen (secondary N) is 1. The van der Waals surface area contributed by atoms with E-state index in [-0.39, 0.29) is 23.0 Å². The third kappa shape index (κ3) is 3.87. The van der Waals surface area contributed by atoms with Gasteiger partial charge in [-0.05, 0) is 29.8 Å². The molecule has 1 unspecified atom stereocenters. The predicted molar refractivity (Wildman–Crippen MR) is 122 cm³/mol. The van der Waals surface area contributed by atoms with Gasteiger partial charge in [-0.3, -0.25) is 14.0 Å². The Bertz CT molecular complexity index is 1300. The first kappa shape index (κ1) is 20.7. The van der Waals surface area contributed by atoms with Crippen LogP contribution >= 0.6 is 23.1 Å². The van der Waals surface area contributed by atoms with E-state index in [2.05, 4.69) is 15.3 Å². The average Bonchev–Trinajstić information content (AvgIpc) is 3.56. The largest absolute Gasteiger partial charge is 0.348 e. The van der Waals surface area contributed by atoms with Crippen molar-refractivity contribution in [3.63, 3.8) is 0 Å². The van der Waals surface area contributed by atoms with Crippen LogP contribution in [0.4, 0.5) is 4.39 Å². The first-order chi connectivity index (χ1) is 15.6. The third-order valence-electron chi connectivity index (χ3n) is 5.19. The molecule has 1 aliphatic heterocycles. The number of fused-ring (bicyclic) bond motifs is 1. The zero-order chi connectivity index (χ0) is 22.1. The van der Waals surface area contributed by atoms with Gasteiger partial charge in [0.1, 0.15) is 22.9 Å². The lowest BCUT2D eigenvalue weighted by Gasteiger charge is -2.23. The molecule has 32 heavy (non-hydrogen) atoms. The van der Waals surface area contributed by atoms with Crippen molar-refractivity contribution in [1.82, 2.24) is 24.6 Å². The van der Waals surface area contributed by atoms with Gasteiger partial charge in [0.25, 0.3) is 11.8 Å².